The average molecular weight is 365 g/mol. The van der Waals surface area contributed by atoms with Gasteiger partial charge in [0.1, 0.15) is 13.7 Å². The molecule has 2 N–H and O–H groups in total. The van der Waals surface area contributed by atoms with Crippen LogP contribution in [-0.2, 0) is 21.1 Å². The van der Waals surface area contributed by atoms with E-state index in [0.29, 0.717) is 17.4 Å². The van der Waals surface area contributed by atoms with Crippen LogP contribution < -0.4 is 5.73 Å². The van der Waals surface area contributed by atoms with Gasteiger partial charge in [0.2, 0.25) is 0 Å². The van der Waals surface area contributed by atoms with Crippen LogP contribution in [0.5, 0.6) is 0 Å². The fourth-order valence-corrected chi connectivity index (χ4v) is 3.19. The molecule has 0 radical (unpaired) electrons. The third-order valence-electron chi connectivity index (χ3n) is 4.67. The molecule has 6 heteroatoms. The zero-order valence-electron chi connectivity index (χ0n) is 15.5. The third-order valence-corrected chi connectivity index (χ3v) is 4.67. The monoisotopic (exact) mass is 365 g/mol. The summed E-state index contributed by atoms with van der Waals surface area (Å²) < 4.78 is 0. The molecule has 1 aliphatic carbocycles. The molecule has 27 heavy (non-hydrogen) atoms. The van der Waals surface area contributed by atoms with Crippen molar-refractivity contribution in [1.82, 2.24) is 0 Å². The van der Waals surface area contributed by atoms with Crippen molar-refractivity contribution in [3.63, 3.8) is 0 Å². The second-order valence-electron chi connectivity index (χ2n) is 6.51. The lowest BCUT2D eigenvalue weighted by Gasteiger charge is -2.09. The van der Waals surface area contributed by atoms with Gasteiger partial charge in [-0.2, -0.15) is 0 Å². The van der Waals surface area contributed by atoms with Crippen molar-refractivity contribution in [2.45, 2.75) is 25.9 Å². The number of nitrogens with zero attached hydrogens (tertiary/aromatic N) is 2. The van der Waals surface area contributed by atoms with E-state index in [2.05, 4.69) is 34.6 Å². The van der Waals surface area contributed by atoms with Crippen molar-refractivity contribution in [1.29, 1.82) is 0 Å². The zero-order chi connectivity index (χ0) is 19.2. The smallest absolute Gasteiger partial charge is 0.271 e. The molecule has 0 heterocycles. The summed E-state index contributed by atoms with van der Waals surface area (Å²) in [5.41, 5.74) is 9.11. The average Bonchev–Trinajstić information content (AvgIpc) is 3.48. The van der Waals surface area contributed by atoms with Crippen LogP contribution in [-0.4, -0.2) is 24.4 Å². The number of nitrogens with two attached hydrogens (primary N) is 1. The zero-order valence-corrected chi connectivity index (χ0v) is 15.5. The molecule has 0 bridgehead atoms. The van der Waals surface area contributed by atoms with E-state index in [4.69, 9.17) is 15.4 Å². The first-order valence-electron chi connectivity index (χ1n) is 8.82. The first kappa shape index (κ1) is 18.6. The van der Waals surface area contributed by atoms with Crippen molar-refractivity contribution in [3.05, 3.63) is 71.3 Å². The van der Waals surface area contributed by atoms with Gasteiger partial charge in [-0.3, -0.25) is 4.79 Å². The Bertz CT molecular complexity index is 862. The van der Waals surface area contributed by atoms with Gasteiger partial charge in [0, 0.05) is 17.0 Å². The van der Waals surface area contributed by atoms with Crippen molar-refractivity contribution in [2.75, 3.05) is 7.11 Å². The van der Waals surface area contributed by atoms with Crippen molar-refractivity contribution < 1.29 is 14.5 Å². The van der Waals surface area contributed by atoms with Gasteiger partial charge in [0.05, 0.1) is 5.71 Å². The maximum atomic E-state index is 11.6. The van der Waals surface area contributed by atoms with Gasteiger partial charge in [-0.05, 0) is 24.8 Å². The van der Waals surface area contributed by atoms with Gasteiger partial charge >= 0.3 is 0 Å². The predicted molar refractivity (Wildman–Crippen MR) is 104 cm³/mol. The lowest BCUT2D eigenvalue weighted by atomic mass is 10.0. The van der Waals surface area contributed by atoms with Crippen LogP contribution in [0.3, 0.4) is 0 Å². The molecular weight excluding hydrogens is 342 g/mol. The van der Waals surface area contributed by atoms with Crippen LogP contribution in [0.1, 0.15) is 36.0 Å². The molecule has 1 fully saturated rings. The number of primary amides is 1. The summed E-state index contributed by atoms with van der Waals surface area (Å²) in [4.78, 5) is 21.9. The van der Waals surface area contributed by atoms with Crippen LogP contribution in [0.4, 0.5) is 0 Å². The highest BCUT2D eigenvalue weighted by Crippen LogP contribution is 2.48. The highest BCUT2D eigenvalue weighted by Gasteiger charge is 2.40. The van der Waals surface area contributed by atoms with Crippen LogP contribution in [0.15, 0.2) is 64.9 Å². The Balaban J connectivity index is 1.65. The summed E-state index contributed by atoms with van der Waals surface area (Å²) in [6, 6.07) is 17.7. The number of hydrogen-bond donors (Lipinski definition) is 1. The molecule has 140 valence electrons. The summed E-state index contributed by atoms with van der Waals surface area (Å²) >= 11 is 0. The molecule has 1 saturated carbocycles. The lowest BCUT2D eigenvalue weighted by molar-refractivity contribution is -0.112. The number of oxime groups is 2. The summed E-state index contributed by atoms with van der Waals surface area (Å²) in [6.45, 7) is 2.20. The minimum Gasteiger partial charge on any atom is -0.398 e. The Kier molecular flexibility index (Phi) is 5.86. The Labute approximate surface area is 158 Å². The maximum absolute atomic E-state index is 11.6. The largest absolute Gasteiger partial charge is 0.398 e. The Morgan fingerprint density at radius 2 is 1.81 bits per heavy atom. The molecule has 0 aromatic heterocycles. The van der Waals surface area contributed by atoms with E-state index < -0.39 is 5.91 Å². The van der Waals surface area contributed by atoms with E-state index in [-0.39, 0.29) is 12.3 Å². The molecule has 2 atom stereocenters. The SMILES string of the molecule is CON=C(C(N)=O)c1ccccc1CON=C(C)C1CC1c1ccccc1. The molecule has 1 amide bonds. The van der Waals surface area contributed by atoms with Gasteiger partial charge in [0.25, 0.3) is 5.91 Å². The summed E-state index contributed by atoms with van der Waals surface area (Å²) in [7, 11) is 1.37. The summed E-state index contributed by atoms with van der Waals surface area (Å²) in [6.07, 6.45) is 1.09. The third kappa shape index (κ3) is 4.53. The summed E-state index contributed by atoms with van der Waals surface area (Å²) in [5, 5.41) is 8.01. The van der Waals surface area contributed by atoms with Crippen LogP contribution in [0, 0.1) is 5.92 Å². The summed E-state index contributed by atoms with van der Waals surface area (Å²) in [5.74, 6) is 0.271. The minimum atomic E-state index is -0.660. The molecule has 2 aromatic rings. The van der Waals surface area contributed by atoms with Crippen molar-refractivity contribution in [2.24, 2.45) is 22.0 Å². The second-order valence-corrected chi connectivity index (χ2v) is 6.51. The van der Waals surface area contributed by atoms with E-state index in [1.807, 2.05) is 25.1 Å². The standard InChI is InChI=1S/C21H23N3O3/c1-14(18-12-19(18)15-8-4-3-5-9-15)23-27-13-16-10-6-7-11-17(16)20(21(22)25)24-26-2/h3-11,18-19H,12-13H2,1-2H3,(H2,22,25). The van der Waals surface area contributed by atoms with Crippen molar-refractivity contribution >= 4 is 17.3 Å². The van der Waals surface area contributed by atoms with Crippen LogP contribution in [0.25, 0.3) is 0 Å². The Hall–Kier alpha value is -3.15. The molecule has 0 spiro atoms. The number of amides is 1. The molecular formula is C21H23N3O3. The molecule has 0 aliphatic heterocycles. The number of rotatable bonds is 8. The molecule has 2 aromatic carbocycles. The first-order valence-corrected chi connectivity index (χ1v) is 8.82. The van der Waals surface area contributed by atoms with Gasteiger partial charge in [-0.1, -0.05) is 64.9 Å². The van der Waals surface area contributed by atoms with Gasteiger partial charge in [-0.25, -0.2) is 0 Å². The van der Waals surface area contributed by atoms with Gasteiger partial charge < -0.3 is 15.4 Å². The van der Waals surface area contributed by atoms with Gasteiger partial charge in [-0.15, -0.1) is 0 Å². The Morgan fingerprint density at radius 1 is 1.11 bits per heavy atom. The molecule has 0 saturated heterocycles. The van der Waals surface area contributed by atoms with E-state index in [1.165, 1.54) is 12.7 Å². The van der Waals surface area contributed by atoms with Gasteiger partial charge in [0.15, 0.2) is 5.71 Å². The fraction of sp³-hybridized carbons (Fsp3) is 0.286. The van der Waals surface area contributed by atoms with Crippen molar-refractivity contribution in [3.8, 4) is 0 Å². The first-order chi connectivity index (χ1) is 13.1. The highest BCUT2D eigenvalue weighted by atomic mass is 16.6. The minimum absolute atomic E-state index is 0.0590. The number of hydrogen-bond acceptors (Lipinski definition) is 5. The topological polar surface area (TPSA) is 86.3 Å². The normalized spacial score (nSPS) is 19.5. The quantitative estimate of drug-likeness (QED) is 0.576. The van der Waals surface area contributed by atoms with E-state index in [1.54, 1.807) is 12.1 Å². The number of carbonyl (C=O) groups is 1. The second kappa shape index (κ2) is 8.49. The molecule has 6 nitrogen and oxygen atoms in total. The number of carbonyl (C=O) groups excluding carboxylic acids is 1. The lowest BCUT2D eigenvalue weighted by Crippen LogP contribution is -2.25. The van der Waals surface area contributed by atoms with Crippen LogP contribution >= 0.6 is 0 Å². The highest BCUT2D eigenvalue weighted by molar-refractivity contribution is 6.45. The predicted octanol–water partition coefficient (Wildman–Crippen LogP) is 3.22. The molecule has 1 aliphatic rings. The van der Waals surface area contributed by atoms with E-state index in [0.717, 1.165) is 17.7 Å². The maximum Gasteiger partial charge on any atom is 0.271 e. The van der Waals surface area contributed by atoms with E-state index >= 15 is 0 Å². The molecule has 3 rings (SSSR count). The fourth-order valence-electron chi connectivity index (χ4n) is 3.19. The van der Waals surface area contributed by atoms with E-state index in [9.17, 15) is 4.79 Å². The molecule has 2 unspecified atom stereocenters. The Morgan fingerprint density at radius 3 is 2.52 bits per heavy atom. The number of benzene rings is 2. The van der Waals surface area contributed by atoms with Crippen LogP contribution in [0.2, 0.25) is 0 Å².